The van der Waals surface area contributed by atoms with Crippen LogP contribution in [-0.2, 0) is 7.05 Å². The quantitative estimate of drug-likeness (QED) is 0.851. The third-order valence-electron chi connectivity index (χ3n) is 4.00. The summed E-state index contributed by atoms with van der Waals surface area (Å²) in [6.07, 6.45) is 1.61. The molecule has 0 N–H and O–H groups in total. The van der Waals surface area contributed by atoms with Gasteiger partial charge in [0.1, 0.15) is 11.4 Å². The summed E-state index contributed by atoms with van der Waals surface area (Å²) < 4.78 is 3.75. The van der Waals surface area contributed by atoms with E-state index in [0.717, 1.165) is 17.2 Å². The van der Waals surface area contributed by atoms with E-state index in [1.165, 1.54) is 0 Å². The van der Waals surface area contributed by atoms with Gasteiger partial charge in [0.25, 0.3) is 5.91 Å². The van der Waals surface area contributed by atoms with Gasteiger partial charge in [0, 0.05) is 31.5 Å². The number of rotatable bonds is 5. The van der Waals surface area contributed by atoms with Gasteiger partial charge < -0.3 is 9.47 Å². The van der Waals surface area contributed by atoms with Gasteiger partial charge in [0.05, 0.1) is 18.2 Å². The number of nitriles is 1. The Labute approximate surface area is 136 Å². The Kier molecular flexibility index (Phi) is 4.89. The fourth-order valence-corrected chi connectivity index (χ4v) is 2.75. The lowest BCUT2D eigenvalue weighted by molar-refractivity contribution is 0.0752. The van der Waals surface area contributed by atoms with Gasteiger partial charge in [0.15, 0.2) is 0 Å². The van der Waals surface area contributed by atoms with Crippen LogP contribution < -0.4 is 0 Å². The molecule has 0 aliphatic heterocycles. The summed E-state index contributed by atoms with van der Waals surface area (Å²) in [7, 11) is 1.83. The molecule has 1 amide bonds. The van der Waals surface area contributed by atoms with Crippen LogP contribution in [0.1, 0.15) is 35.6 Å². The molecule has 2 heterocycles. The average Bonchev–Trinajstić information content (AvgIpc) is 3.06. The minimum atomic E-state index is -0.200. The molecule has 0 spiro atoms. The van der Waals surface area contributed by atoms with Crippen LogP contribution in [0.2, 0.25) is 0 Å². The molecule has 1 atom stereocenters. The average molecular weight is 313 g/mol. The number of hydrogen-bond donors (Lipinski definition) is 0. The van der Waals surface area contributed by atoms with Crippen LogP contribution in [0.3, 0.4) is 0 Å². The fraction of sp³-hybridized carbons (Fsp3) is 0.471. The Balaban J connectivity index is 2.45. The second kappa shape index (κ2) is 6.69. The Morgan fingerprint density at radius 3 is 2.52 bits per heavy atom. The summed E-state index contributed by atoms with van der Waals surface area (Å²) in [5.74, 6) is 0.470. The normalized spacial score (nSPS) is 12.0. The zero-order valence-electron chi connectivity index (χ0n) is 14.4. The summed E-state index contributed by atoms with van der Waals surface area (Å²) in [6, 6.07) is 6.22. The Morgan fingerprint density at radius 1 is 1.39 bits per heavy atom. The molecule has 0 bridgehead atoms. The fourth-order valence-electron chi connectivity index (χ4n) is 2.75. The molecule has 2 rings (SSSR count). The van der Waals surface area contributed by atoms with Crippen LogP contribution in [0.15, 0.2) is 18.3 Å². The van der Waals surface area contributed by atoms with Gasteiger partial charge in [-0.05, 0) is 39.8 Å². The first-order chi connectivity index (χ1) is 10.9. The van der Waals surface area contributed by atoms with E-state index in [2.05, 4.69) is 11.2 Å². The predicted molar refractivity (Wildman–Crippen MR) is 88.4 cm³/mol. The Bertz CT molecular complexity index is 730. The van der Waals surface area contributed by atoms with Crippen molar-refractivity contribution < 1.29 is 4.79 Å². The maximum absolute atomic E-state index is 12.9. The zero-order chi connectivity index (χ0) is 17.1. The molecule has 122 valence electrons. The number of amides is 1. The van der Waals surface area contributed by atoms with E-state index in [9.17, 15) is 4.79 Å². The van der Waals surface area contributed by atoms with Gasteiger partial charge in [-0.15, -0.1) is 0 Å². The predicted octanol–water partition coefficient (Wildman–Crippen LogP) is 2.45. The first kappa shape index (κ1) is 16.8. The molecule has 6 nitrogen and oxygen atoms in total. The molecule has 0 saturated carbocycles. The molecule has 0 fully saturated rings. The summed E-state index contributed by atoms with van der Waals surface area (Å²) in [5, 5.41) is 13.3. The molecule has 2 aromatic rings. The topological polar surface area (TPSA) is 66.8 Å². The first-order valence-corrected chi connectivity index (χ1v) is 7.76. The van der Waals surface area contributed by atoms with Crippen LogP contribution in [0.25, 0.3) is 5.82 Å². The van der Waals surface area contributed by atoms with Crippen molar-refractivity contribution in [2.75, 3.05) is 13.1 Å². The second-order valence-corrected chi connectivity index (χ2v) is 5.83. The second-order valence-electron chi connectivity index (χ2n) is 5.83. The SMILES string of the molecule is CCN(C[C@@H](C)C#N)C(=O)c1cnn(C)c1-n1c(C)ccc1C. The highest BCUT2D eigenvalue weighted by Crippen LogP contribution is 2.21. The van der Waals surface area contributed by atoms with Crippen molar-refractivity contribution in [3.05, 3.63) is 35.3 Å². The number of aromatic nitrogens is 3. The van der Waals surface area contributed by atoms with Gasteiger partial charge in [-0.25, -0.2) is 0 Å². The van der Waals surface area contributed by atoms with Gasteiger partial charge >= 0.3 is 0 Å². The van der Waals surface area contributed by atoms with Crippen molar-refractivity contribution in [1.29, 1.82) is 5.26 Å². The van der Waals surface area contributed by atoms with Crippen molar-refractivity contribution >= 4 is 5.91 Å². The van der Waals surface area contributed by atoms with Gasteiger partial charge in [-0.2, -0.15) is 10.4 Å². The highest BCUT2D eigenvalue weighted by atomic mass is 16.2. The van der Waals surface area contributed by atoms with Gasteiger partial charge in [-0.3, -0.25) is 9.48 Å². The third kappa shape index (κ3) is 3.14. The largest absolute Gasteiger partial charge is 0.337 e. The minimum Gasteiger partial charge on any atom is -0.337 e. The van der Waals surface area contributed by atoms with Crippen LogP contribution in [0, 0.1) is 31.1 Å². The van der Waals surface area contributed by atoms with Crippen LogP contribution in [0.5, 0.6) is 0 Å². The first-order valence-electron chi connectivity index (χ1n) is 7.76. The maximum Gasteiger partial charge on any atom is 0.259 e. The Hall–Kier alpha value is -2.55. The van der Waals surface area contributed by atoms with E-state index in [-0.39, 0.29) is 11.8 Å². The van der Waals surface area contributed by atoms with Crippen LogP contribution >= 0.6 is 0 Å². The van der Waals surface area contributed by atoms with Gasteiger partial charge in [0.2, 0.25) is 0 Å². The smallest absolute Gasteiger partial charge is 0.259 e. The molecule has 6 heteroatoms. The highest BCUT2D eigenvalue weighted by Gasteiger charge is 2.24. The summed E-state index contributed by atoms with van der Waals surface area (Å²) in [5.41, 5.74) is 2.66. The van der Waals surface area contributed by atoms with Crippen molar-refractivity contribution in [3.63, 3.8) is 0 Å². The van der Waals surface area contributed by atoms with Crippen molar-refractivity contribution in [1.82, 2.24) is 19.2 Å². The zero-order valence-corrected chi connectivity index (χ0v) is 14.4. The number of hydrogen-bond acceptors (Lipinski definition) is 3. The molecule has 2 aromatic heterocycles. The number of nitrogens with zero attached hydrogens (tertiary/aromatic N) is 5. The lowest BCUT2D eigenvalue weighted by atomic mass is 10.1. The molecule has 0 radical (unpaired) electrons. The lowest BCUT2D eigenvalue weighted by Gasteiger charge is -2.22. The van der Waals surface area contributed by atoms with E-state index >= 15 is 0 Å². The summed E-state index contributed by atoms with van der Waals surface area (Å²) in [4.78, 5) is 14.6. The van der Waals surface area contributed by atoms with E-state index in [0.29, 0.717) is 18.7 Å². The number of carbonyl (C=O) groups excluding carboxylic acids is 1. The summed E-state index contributed by atoms with van der Waals surface area (Å²) in [6.45, 7) is 8.73. The molecule has 0 aliphatic rings. The minimum absolute atomic E-state index is 0.0924. The van der Waals surface area contributed by atoms with E-state index in [4.69, 9.17) is 5.26 Å². The van der Waals surface area contributed by atoms with E-state index in [1.54, 1.807) is 15.8 Å². The lowest BCUT2D eigenvalue weighted by Crippen LogP contribution is -2.34. The standard InChI is InChI=1S/C17H23N5O/c1-6-21(11-12(2)9-18)17(23)15-10-19-20(5)16(15)22-13(3)7-8-14(22)4/h7-8,10,12H,6,11H2,1-5H3/t12-/m0/s1. The van der Waals surface area contributed by atoms with Crippen molar-refractivity contribution in [2.45, 2.75) is 27.7 Å². The van der Waals surface area contributed by atoms with E-state index < -0.39 is 0 Å². The highest BCUT2D eigenvalue weighted by molar-refractivity contribution is 5.97. The summed E-state index contributed by atoms with van der Waals surface area (Å²) >= 11 is 0. The van der Waals surface area contributed by atoms with Crippen molar-refractivity contribution in [2.24, 2.45) is 13.0 Å². The molecule has 23 heavy (non-hydrogen) atoms. The monoisotopic (exact) mass is 313 g/mol. The van der Waals surface area contributed by atoms with Crippen LogP contribution in [-0.4, -0.2) is 38.2 Å². The molecule has 0 aromatic carbocycles. The van der Waals surface area contributed by atoms with E-state index in [1.807, 2.05) is 51.4 Å². The molecule has 0 aliphatic carbocycles. The van der Waals surface area contributed by atoms with Gasteiger partial charge in [-0.1, -0.05) is 0 Å². The molecular weight excluding hydrogens is 290 g/mol. The number of aryl methyl sites for hydroxylation is 3. The number of carbonyl (C=O) groups is 1. The van der Waals surface area contributed by atoms with Crippen LogP contribution in [0.4, 0.5) is 0 Å². The molecule has 0 saturated heterocycles. The van der Waals surface area contributed by atoms with Crippen molar-refractivity contribution in [3.8, 4) is 11.9 Å². The molecule has 0 unspecified atom stereocenters. The third-order valence-corrected chi connectivity index (χ3v) is 4.00. The molecular formula is C17H23N5O. The maximum atomic E-state index is 12.9. The Morgan fingerprint density at radius 2 is 2.00 bits per heavy atom.